The van der Waals surface area contributed by atoms with E-state index in [1.54, 1.807) is 56.5 Å². The minimum absolute atomic E-state index is 0.197. The quantitative estimate of drug-likeness (QED) is 0.606. The molecule has 2 aromatic carbocycles. The fourth-order valence-electron chi connectivity index (χ4n) is 2.54. The molecule has 1 heterocycles. The third kappa shape index (κ3) is 3.54. The van der Waals surface area contributed by atoms with E-state index in [2.05, 4.69) is 4.74 Å². The summed E-state index contributed by atoms with van der Waals surface area (Å²) >= 11 is 0. The zero-order valence-corrected chi connectivity index (χ0v) is 14.6. The minimum Gasteiger partial charge on any atom is -0.497 e. The maximum atomic E-state index is 12.5. The van der Waals surface area contributed by atoms with Gasteiger partial charge in [-0.3, -0.25) is 4.79 Å². The van der Waals surface area contributed by atoms with Crippen molar-refractivity contribution in [2.75, 3.05) is 14.2 Å². The van der Waals surface area contributed by atoms with E-state index in [9.17, 15) is 9.59 Å². The Kier molecular flexibility index (Phi) is 4.93. The van der Waals surface area contributed by atoms with Gasteiger partial charge >= 0.3 is 5.97 Å². The van der Waals surface area contributed by atoms with E-state index in [0.29, 0.717) is 28.4 Å². The van der Waals surface area contributed by atoms with Crippen molar-refractivity contribution in [3.63, 3.8) is 0 Å². The Morgan fingerprint density at radius 2 is 1.92 bits per heavy atom. The second kappa shape index (κ2) is 7.31. The van der Waals surface area contributed by atoms with Gasteiger partial charge in [-0.25, -0.2) is 4.79 Å². The second-order valence-electron chi connectivity index (χ2n) is 5.66. The summed E-state index contributed by atoms with van der Waals surface area (Å²) in [5.41, 5.74) is 1.20. The summed E-state index contributed by atoms with van der Waals surface area (Å²) in [6.45, 7) is 1.60. The average molecular weight is 354 g/mol. The number of esters is 1. The lowest BCUT2D eigenvalue weighted by atomic mass is 10.1. The lowest BCUT2D eigenvalue weighted by Crippen LogP contribution is -2.24. The Morgan fingerprint density at radius 1 is 1.12 bits per heavy atom. The molecule has 134 valence electrons. The van der Waals surface area contributed by atoms with E-state index in [1.807, 2.05) is 6.07 Å². The number of benzene rings is 2. The Bertz CT molecular complexity index is 884. The Hall–Kier alpha value is -3.28. The molecule has 2 aromatic rings. The molecule has 0 bridgehead atoms. The molecule has 0 saturated carbocycles. The molecular formula is C20H18O6. The molecule has 0 spiro atoms. The molecule has 0 radical (unpaired) electrons. The van der Waals surface area contributed by atoms with Crippen LogP contribution in [-0.2, 0) is 9.53 Å². The van der Waals surface area contributed by atoms with Gasteiger partial charge in [0.05, 0.1) is 19.8 Å². The Balaban J connectivity index is 1.81. The molecule has 0 aliphatic carbocycles. The van der Waals surface area contributed by atoms with Gasteiger partial charge in [-0.15, -0.1) is 0 Å². The van der Waals surface area contributed by atoms with E-state index in [-0.39, 0.29) is 11.5 Å². The fraction of sp³-hybridized carbons (Fsp3) is 0.200. The fourth-order valence-corrected chi connectivity index (χ4v) is 2.54. The molecule has 1 atom stereocenters. The topological polar surface area (TPSA) is 71.1 Å². The molecule has 6 heteroatoms. The van der Waals surface area contributed by atoms with Crippen molar-refractivity contribution >= 4 is 17.8 Å². The van der Waals surface area contributed by atoms with E-state index < -0.39 is 12.1 Å². The van der Waals surface area contributed by atoms with E-state index >= 15 is 0 Å². The van der Waals surface area contributed by atoms with Crippen LogP contribution in [-0.4, -0.2) is 32.1 Å². The van der Waals surface area contributed by atoms with Crippen LogP contribution in [0.2, 0.25) is 0 Å². The first-order chi connectivity index (χ1) is 12.5. The molecule has 1 aliphatic rings. The number of fused-ring (bicyclic) bond motifs is 1. The predicted octanol–water partition coefficient (Wildman–Crippen LogP) is 3.25. The largest absolute Gasteiger partial charge is 0.497 e. The van der Waals surface area contributed by atoms with E-state index in [1.165, 1.54) is 7.11 Å². The summed E-state index contributed by atoms with van der Waals surface area (Å²) in [5.74, 6) is 1.12. The SMILES string of the molecule is COC(=O)[C@H](C)Oc1cccc(/C=C2\Oc3cc(OC)ccc3C2=O)c1. The van der Waals surface area contributed by atoms with Gasteiger partial charge in [0.1, 0.15) is 17.2 Å². The molecular weight excluding hydrogens is 336 g/mol. The molecule has 0 unspecified atom stereocenters. The summed E-state index contributed by atoms with van der Waals surface area (Å²) in [4.78, 5) is 23.9. The molecule has 1 aliphatic heterocycles. The summed E-state index contributed by atoms with van der Waals surface area (Å²) in [6.07, 6.45) is 0.897. The Morgan fingerprint density at radius 3 is 2.65 bits per heavy atom. The third-order valence-electron chi connectivity index (χ3n) is 3.88. The van der Waals surface area contributed by atoms with E-state index in [4.69, 9.17) is 14.2 Å². The van der Waals surface area contributed by atoms with Crippen LogP contribution in [0, 0.1) is 0 Å². The molecule has 3 rings (SSSR count). The number of ether oxygens (including phenoxy) is 4. The highest BCUT2D eigenvalue weighted by atomic mass is 16.6. The number of ketones is 1. The van der Waals surface area contributed by atoms with Crippen LogP contribution in [0.3, 0.4) is 0 Å². The maximum absolute atomic E-state index is 12.5. The van der Waals surface area contributed by atoms with Gasteiger partial charge in [-0.05, 0) is 42.8 Å². The van der Waals surface area contributed by atoms with Gasteiger partial charge in [0.25, 0.3) is 0 Å². The molecule has 0 saturated heterocycles. The highest BCUT2D eigenvalue weighted by Gasteiger charge is 2.27. The van der Waals surface area contributed by atoms with Gasteiger partial charge in [-0.1, -0.05) is 12.1 Å². The normalized spacial score (nSPS) is 15.2. The monoisotopic (exact) mass is 354 g/mol. The lowest BCUT2D eigenvalue weighted by Gasteiger charge is -2.12. The van der Waals surface area contributed by atoms with Crippen molar-refractivity contribution in [1.82, 2.24) is 0 Å². The summed E-state index contributed by atoms with van der Waals surface area (Å²) in [5, 5.41) is 0. The van der Waals surface area contributed by atoms with Crippen molar-refractivity contribution in [1.29, 1.82) is 0 Å². The maximum Gasteiger partial charge on any atom is 0.346 e. The Labute approximate surface area is 150 Å². The average Bonchev–Trinajstić information content (AvgIpc) is 2.96. The highest BCUT2D eigenvalue weighted by Crippen LogP contribution is 2.35. The number of carbonyl (C=O) groups excluding carboxylic acids is 2. The van der Waals surface area contributed by atoms with Gasteiger partial charge in [0.2, 0.25) is 5.78 Å². The van der Waals surface area contributed by atoms with E-state index in [0.717, 1.165) is 0 Å². The van der Waals surface area contributed by atoms with Crippen LogP contribution < -0.4 is 14.2 Å². The highest BCUT2D eigenvalue weighted by molar-refractivity contribution is 6.14. The van der Waals surface area contributed by atoms with Crippen LogP contribution in [0.25, 0.3) is 6.08 Å². The van der Waals surface area contributed by atoms with Crippen molar-refractivity contribution in [3.8, 4) is 17.2 Å². The van der Waals surface area contributed by atoms with Gasteiger partial charge in [-0.2, -0.15) is 0 Å². The first kappa shape index (κ1) is 17.5. The number of allylic oxidation sites excluding steroid dienone is 1. The van der Waals surface area contributed by atoms with Crippen LogP contribution in [0.1, 0.15) is 22.8 Å². The second-order valence-corrected chi connectivity index (χ2v) is 5.66. The molecule has 6 nitrogen and oxygen atoms in total. The smallest absolute Gasteiger partial charge is 0.346 e. The van der Waals surface area contributed by atoms with Crippen molar-refractivity contribution in [2.24, 2.45) is 0 Å². The predicted molar refractivity (Wildman–Crippen MR) is 94.5 cm³/mol. The number of hydrogen-bond acceptors (Lipinski definition) is 6. The standard InChI is InChI=1S/C20H18O6/c1-12(20(22)24-3)25-15-6-4-5-13(9-15)10-18-19(21)16-8-7-14(23-2)11-17(16)26-18/h4-12H,1-3H3/b18-10-/t12-/m0/s1. The van der Waals surface area contributed by atoms with Gasteiger partial charge < -0.3 is 18.9 Å². The number of methoxy groups -OCH3 is 2. The van der Waals surface area contributed by atoms with Crippen LogP contribution in [0.5, 0.6) is 17.2 Å². The van der Waals surface area contributed by atoms with Crippen LogP contribution >= 0.6 is 0 Å². The van der Waals surface area contributed by atoms with Crippen LogP contribution in [0.15, 0.2) is 48.2 Å². The lowest BCUT2D eigenvalue weighted by molar-refractivity contribution is -0.147. The first-order valence-electron chi connectivity index (χ1n) is 7.98. The van der Waals surface area contributed by atoms with Crippen molar-refractivity contribution < 1.29 is 28.5 Å². The first-order valence-corrected chi connectivity index (χ1v) is 7.98. The van der Waals surface area contributed by atoms with Crippen molar-refractivity contribution in [3.05, 3.63) is 59.4 Å². The van der Waals surface area contributed by atoms with Gasteiger partial charge in [0.15, 0.2) is 11.9 Å². The number of Topliss-reactive ketones (excluding diaryl/α,β-unsaturated/α-hetero) is 1. The summed E-state index contributed by atoms with van der Waals surface area (Å²) in [7, 11) is 2.86. The summed E-state index contributed by atoms with van der Waals surface area (Å²) in [6, 6.07) is 12.1. The van der Waals surface area contributed by atoms with Crippen molar-refractivity contribution in [2.45, 2.75) is 13.0 Å². The molecule has 0 fully saturated rings. The number of rotatable bonds is 5. The molecule has 0 aromatic heterocycles. The zero-order chi connectivity index (χ0) is 18.7. The molecule has 0 amide bonds. The summed E-state index contributed by atoms with van der Waals surface area (Å²) < 4.78 is 21.0. The number of hydrogen-bond donors (Lipinski definition) is 0. The molecule has 26 heavy (non-hydrogen) atoms. The van der Waals surface area contributed by atoms with Crippen LogP contribution in [0.4, 0.5) is 0 Å². The van der Waals surface area contributed by atoms with Gasteiger partial charge in [0, 0.05) is 6.07 Å². The third-order valence-corrected chi connectivity index (χ3v) is 3.88. The number of carbonyl (C=O) groups is 2. The minimum atomic E-state index is -0.732. The zero-order valence-electron chi connectivity index (χ0n) is 14.6. The molecule has 0 N–H and O–H groups in total.